The fourth-order valence-corrected chi connectivity index (χ4v) is 4.37. The van der Waals surface area contributed by atoms with E-state index in [1.165, 1.54) is 11.9 Å². The zero-order valence-electron chi connectivity index (χ0n) is 18.4. The van der Waals surface area contributed by atoms with Crippen molar-refractivity contribution >= 4 is 46.9 Å². The number of carbonyl (C=O) groups is 1. The molecule has 0 spiro atoms. The number of nitrogens with zero attached hydrogens (tertiary/aromatic N) is 2. The summed E-state index contributed by atoms with van der Waals surface area (Å²) in [4.78, 5) is 15.9. The largest absolute Gasteiger partial charge is 0.491 e. The summed E-state index contributed by atoms with van der Waals surface area (Å²) in [5, 5.41) is 3.75. The lowest BCUT2D eigenvalue weighted by Gasteiger charge is -2.30. The van der Waals surface area contributed by atoms with Gasteiger partial charge in [0.2, 0.25) is 5.79 Å². The Balaban J connectivity index is 1.40. The standard InChI is InChI=1S/C23H24Cl2N4O4S/c1-2-34-28-22(30)27-17-4-6-18(7-5-17)31-12-19-13-32-23(33-19,14-29-10-9-26-15-29)20-8-3-16(24)11-21(20)25/h3-11,15,19H,2,12-14H2,1H3,(H2,27,28,30). The molecule has 1 saturated heterocycles. The van der Waals surface area contributed by atoms with E-state index in [2.05, 4.69) is 15.0 Å². The van der Waals surface area contributed by atoms with E-state index in [9.17, 15) is 4.79 Å². The zero-order valence-corrected chi connectivity index (χ0v) is 20.7. The van der Waals surface area contributed by atoms with Crippen molar-refractivity contribution in [3.8, 4) is 5.75 Å². The van der Waals surface area contributed by atoms with Gasteiger partial charge < -0.3 is 24.1 Å². The molecule has 0 radical (unpaired) electrons. The number of hydrogen-bond donors (Lipinski definition) is 2. The molecule has 1 fully saturated rings. The molecule has 1 aromatic heterocycles. The molecule has 1 aliphatic rings. The van der Waals surface area contributed by atoms with Crippen molar-refractivity contribution in [3.63, 3.8) is 0 Å². The quantitative estimate of drug-likeness (QED) is 0.369. The maximum absolute atomic E-state index is 11.8. The molecular formula is C23H24Cl2N4O4S. The molecule has 2 atom stereocenters. The molecular weight excluding hydrogens is 499 g/mol. The van der Waals surface area contributed by atoms with Gasteiger partial charge in [0.15, 0.2) is 0 Å². The van der Waals surface area contributed by atoms with Crippen molar-refractivity contribution < 1.29 is 19.0 Å². The second kappa shape index (κ2) is 11.3. The first kappa shape index (κ1) is 24.7. The molecule has 3 aromatic rings. The molecule has 0 saturated carbocycles. The van der Waals surface area contributed by atoms with Crippen molar-refractivity contribution in [1.29, 1.82) is 0 Å². The molecule has 1 aliphatic heterocycles. The van der Waals surface area contributed by atoms with E-state index in [-0.39, 0.29) is 18.7 Å². The van der Waals surface area contributed by atoms with E-state index >= 15 is 0 Å². The Hall–Kier alpha value is -2.43. The maximum atomic E-state index is 11.8. The van der Waals surface area contributed by atoms with Crippen LogP contribution >= 0.6 is 35.1 Å². The number of rotatable bonds is 9. The third-order valence-electron chi connectivity index (χ3n) is 5.01. The molecule has 2 N–H and O–H groups in total. The van der Waals surface area contributed by atoms with Crippen LogP contribution in [0.3, 0.4) is 0 Å². The molecule has 180 valence electrons. The number of aromatic nitrogens is 2. The van der Waals surface area contributed by atoms with Crippen LogP contribution in [0.2, 0.25) is 10.0 Å². The van der Waals surface area contributed by atoms with Gasteiger partial charge in [-0.3, -0.25) is 4.72 Å². The topological polar surface area (TPSA) is 86.6 Å². The highest BCUT2D eigenvalue weighted by atomic mass is 35.5. The van der Waals surface area contributed by atoms with Crippen LogP contribution < -0.4 is 14.8 Å². The smallest absolute Gasteiger partial charge is 0.329 e. The first-order valence-electron chi connectivity index (χ1n) is 10.6. The number of hydrogen-bond acceptors (Lipinski definition) is 6. The number of halogens is 2. The van der Waals surface area contributed by atoms with E-state index in [4.69, 9.17) is 37.4 Å². The highest BCUT2D eigenvalue weighted by Gasteiger charge is 2.45. The van der Waals surface area contributed by atoms with Crippen LogP contribution in [0.5, 0.6) is 5.75 Å². The Morgan fingerprint density at radius 3 is 2.82 bits per heavy atom. The average Bonchev–Trinajstić information content (AvgIpc) is 3.48. The average molecular weight is 523 g/mol. The summed E-state index contributed by atoms with van der Waals surface area (Å²) in [6, 6.07) is 12.1. The molecule has 11 heteroatoms. The number of amides is 2. The first-order valence-corrected chi connectivity index (χ1v) is 12.4. The van der Waals surface area contributed by atoms with Crippen molar-refractivity contribution in [2.45, 2.75) is 25.4 Å². The summed E-state index contributed by atoms with van der Waals surface area (Å²) in [6.45, 7) is 2.92. The minimum atomic E-state index is -1.10. The Morgan fingerprint density at radius 2 is 2.12 bits per heavy atom. The molecule has 2 unspecified atom stereocenters. The van der Waals surface area contributed by atoms with Crippen LogP contribution in [0.4, 0.5) is 10.5 Å². The summed E-state index contributed by atoms with van der Waals surface area (Å²) in [6.07, 6.45) is 4.89. The number of anilines is 1. The van der Waals surface area contributed by atoms with Crippen LogP contribution in [0.1, 0.15) is 12.5 Å². The molecule has 8 nitrogen and oxygen atoms in total. The van der Waals surface area contributed by atoms with Crippen LogP contribution in [-0.4, -0.2) is 40.7 Å². The Kier molecular flexibility index (Phi) is 8.23. The lowest BCUT2D eigenvalue weighted by Crippen LogP contribution is -2.34. The first-order chi connectivity index (χ1) is 16.5. The van der Waals surface area contributed by atoms with E-state index in [0.29, 0.717) is 40.2 Å². The Bertz CT molecular complexity index is 1100. The number of carbonyl (C=O) groups excluding carboxylic acids is 1. The maximum Gasteiger partial charge on any atom is 0.329 e. The highest BCUT2D eigenvalue weighted by Crippen LogP contribution is 2.40. The Morgan fingerprint density at radius 1 is 1.29 bits per heavy atom. The van der Waals surface area contributed by atoms with Crippen LogP contribution in [-0.2, 0) is 21.8 Å². The summed E-state index contributed by atoms with van der Waals surface area (Å²) < 4.78 is 23.0. The van der Waals surface area contributed by atoms with Crippen LogP contribution in [0.25, 0.3) is 0 Å². The predicted molar refractivity (Wildman–Crippen MR) is 133 cm³/mol. The van der Waals surface area contributed by atoms with Gasteiger partial charge in [-0.1, -0.05) is 36.2 Å². The van der Waals surface area contributed by atoms with Gasteiger partial charge in [0, 0.05) is 34.4 Å². The van der Waals surface area contributed by atoms with Crippen molar-refractivity contribution in [3.05, 3.63) is 76.8 Å². The summed E-state index contributed by atoms with van der Waals surface area (Å²) in [5.41, 5.74) is 1.35. The van der Waals surface area contributed by atoms with Gasteiger partial charge in [-0.25, -0.2) is 9.78 Å². The van der Waals surface area contributed by atoms with Gasteiger partial charge in [-0.15, -0.1) is 0 Å². The van der Waals surface area contributed by atoms with E-state index < -0.39 is 5.79 Å². The molecule has 4 rings (SSSR count). The second-order valence-corrected chi connectivity index (χ2v) is 9.40. The molecule has 34 heavy (non-hydrogen) atoms. The zero-order chi connectivity index (χ0) is 24.0. The minimum Gasteiger partial charge on any atom is -0.491 e. The van der Waals surface area contributed by atoms with Crippen molar-refractivity contribution in [2.75, 3.05) is 24.3 Å². The third kappa shape index (κ3) is 6.17. The summed E-state index contributed by atoms with van der Waals surface area (Å²) in [5.74, 6) is 0.337. The van der Waals surface area contributed by atoms with Gasteiger partial charge in [0.1, 0.15) is 18.5 Å². The van der Waals surface area contributed by atoms with Crippen LogP contribution in [0.15, 0.2) is 61.2 Å². The van der Waals surface area contributed by atoms with Crippen LogP contribution in [0, 0.1) is 0 Å². The summed E-state index contributed by atoms with van der Waals surface area (Å²) >= 11 is 13.9. The monoisotopic (exact) mass is 522 g/mol. The normalized spacial score (nSPS) is 19.7. The fourth-order valence-electron chi connectivity index (χ4n) is 3.49. The number of ether oxygens (including phenoxy) is 3. The highest BCUT2D eigenvalue weighted by molar-refractivity contribution is 7.97. The molecule has 2 amide bonds. The van der Waals surface area contributed by atoms with E-state index in [0.717, 1.165) is 5.75 Å². The number of urea groups is 1. The molecule has 0 bridgehead atoms. The van der Waals surface area contributed by atoms with Crippen molar-refractivity contribution in [2.24, 2.45) is 0 Å². The number of benzene rings is 2. The molecule has 2 aromatic carbocycles. The minimum absolute atomic E-state index is 0.271. The lowest BCUT2D eigenvalue weighted by molar-refractivity contribution is -0.189. The van der Waals surface area contributed by atoms with Gasteiger partial charge in [0.05, 0.1) is 24.5 Å². The van der Waals surface area contributed by atoms with Gasteiger partial charge in [-0.05, 0) is 48.3 Å². The third-order valence-corrected chi connectivity index (χ3v) is 6.17. The Labute approximate surface area is 212 Å². The predicted octanol–water partition coefficient (Wildman–Crippen LogP) is 5.33. The molecule has 0 aliphatic carbocycles. The lowest BCUT2D eigenvalue weighted by atomic mass is 10.1. The molecule has 2 heterocycles. The number of nitrogens with one attached hydrogen (secondary N) is 2. The van der Waals surface area contributed by atoms with E-state index in [1.54, 1.807) is 48.9 Å². The summed E-state index contributed by atoms with van der Waals surface area (Å²) in [7, 11) is 0. The number of imidazole rings is 1. The van der Waals surface area contributed by atoms with Gasteiger partial charge in [-0.2, -0.15) is 0 Å². The SMILES string of the molecule is CCSNC(=O)Nc1ccc(OCC2COC(Cn3ccnc3)(c3ccc(Cl)cc3Cl)O2)cc1. The van der Waals surface area contributed by atoms with Gasteiger partial charge >= 0.3 is 6.03 Å². The van der Waals surface area contributed by atoms with E-state index in [1.807, 2.05) is 23.8 Å². The van der Waals surface area contributed by atoms with Crippen molar-refractivity contribution in [1.82, 2.24) is 14.3 Å². The van der Waals surface area contributed by atoms with Gasteiger partial charge in [0.25, 0.3) is 0 Å². The second-order valence-electron chi connectivity index (χ2n) is 7.49. The fraction of sp³-hybridized carbons (Fsp3) is 0.304.